The number of nitrogens with one attached hydrogen (secondary N) is 1. The lowest BCUT2D eigenvalue weighted by molar-refractivity contribution is -0.271. The van der Waals surface area contributed by atoms with E-state index in [2.05, 4.69) is 5.32 Å². The van der Waals surface area contributed by atoms with Gasteiger partial charge >= 0.3 is 6.18 Å². The molecule has 3 saturated heterocycles. The fourth-order valence-corrected chi connectivity index (χ4v) is 6.18. The van der Waals surface area contributed by atoms with Crippen molar-refractivity contribution in [2.75, 3.05) is 40.0 Å². The molecule has 210 valence electrons. The summed E-state index contributed by atoms with van der Waals surface area (Å²) in [5.41, 5.74) is -2.94. The topological polar surface area (TPSA) is 77.1 Å². The first-order chi connectivity index (χ1) is 18.7. The number of methoxy groups -OCH3 is 1. The number of para-hydroxylation sites is 1. The molecule has 1 spiro atoms. The van der Waals surface area contributed by atoms with Crippen LogP contribution < -0.4 is 10.1 Å². The van der Waals surface area contributed by atoms with Gasteiger partial charge in [0.15, 0.2) is 0 Å². The normalized spacial score (nSPS) is 24.4. The Kier molecular flexibility index (Phi) is 7.61. The molecule has 2 amide bonds. The summed E-state index contributed by atoms with van der Waals surface area (Å²) < 4.78 is 60.1. The van der Waals surface area contributed by atoms with Crippen molar-refractivity contribution in [2.24, 2.45) is 5.41 Å². The third kappa shape index (κ3) is 5.00. The fraction of sp³-hybridized carbons (Fsp3) is 0.517. The van der Waals surface area contributed by atoms with Gasteiger partial charge in [0.2, 0.25) is 5.91 Å². The van der Waals surface area contributed by atoms with E-state index in [1.54, 1.807) is 6.07 Å². The summed E-state index contributed by atoms with van der Waals surface area (Å²) in [5.74, 6) is -0.640. The molecule has 3 aliphatic rings. The largest absolute Gasteiger partial charge is 0.491 e. The number of rotatable bonds is 7. The highest BCUT2D eigenvalue weighted by Crippen LogP contribution is 2.52. The number of piperidine rings is 2. The Morgan fingerprint density at radius 3 is 2.38 bits per heavy atom. The van der Waals surface area contributed by atoms with E-state index >= 15 is 0 Å². The lowest BCUT2D eigenvalue weighted by atomic mass is 9.62. The molecule has 5 rings (SSSR count). The molecule has 10 heteroatoms. The molecule has 3 fully saturated rings. The first kappa shape index (κ1) is 27.5. The van der Waals surface area contributed by atoms with Crippen LogP contribution in [0.5, 0.6) is 5.75 Å². The van der Waals surface area contributed by atoms with E-state index in [-0.39, 0.29) is 43.0 Å². The van der Waals surface area contributed by atoms with Gasteiger partial charge in [-0.15, -0.1) is 0 Å². The lowest BCUT2D eigenvalue weighted by Crippen LogP contribution is -2.60. The summed E-state index contributed by atoms with van der Waals surface area (Å²) in [5, 5.41) is 2.96. The first-order valence-corrected chi connectivity index (χ1v) is 13.3. The summed E-state index contributed by atoms with van der Waals surface area (Å²) in [4.78, 5) is 27.4. The van der Waals surface area contributed by atoms with Crippen LogP contribution >= 0.6 is 0 Å². The predicted molar refractivity (Wildman–Crippen MR) is 136 cm³/mol. The number of carbonyl (C=O) groups is 2. The molecule has 3 heterocycles. The molecule has 7 nitrogen and oxygen atoms in total. The monoisotopic (exact) mass is 546 g/mol. The molecule has 39 heavy (non-hydrogen) atoms. The van der Waals surface area contributed by atoms with Gasteiger partial charge in [-0.05, 0) is 29.9 Å². The highest BCUT2D eigenvalue weighted by Gasteiger charge is 2.64. The number of alkyl halides is 3. The van der Waals surface area contributed by atoms with E-state index in [0.29, 0.717) is 31.7 Å². The molecule has 0 bridgehead atoms. The molecular weight excluding hydrogens is 513 g/mol. The van der Waals surface area contributed by atoms with Crippen LogP contribution in [0.2, 0.25) is 0 Å². The SMILES string of the molecule is CO[C@@](C(=O)N1CCC2(CC1)CC(=O)NCC2c1ccccc1OC[C@H]1CCO1)(c1ccccc1)C(F)(F)F. The van der Waals surface area contributed by atoms with E-state index < -0.39 is 23.1 Å². The number of halogens is 3. The standard InChI is InChI=1S/C29H33F3N2O5/c1-37-28(29(30,31)32,20-7-3-2-4-8-20)26(36)34-14-12-27(13-15-34)17-25(35)33-18-23(27)22-9-5-6-10-24(22)39-19-21-11-16-38-21/h2-10,21,23H,11-19H2,1H3,(H,33,35)/t21-,23?,28-/m1/s1. The predicted octanol–water partition coefficient (Wildman–Crippen LogP) is 4.17. The van der Waals surface area contributed by atoms with Gasteiger partial charge < -0.3 is 24.4 Å². The summed E-state index contributed by atoms with van der Waals surface area (Å²) in [6.45, 7) is 1.71. The van der Waals surface area contributed by atoms with Gasteiger partial charge in [0.05, 0.1) is 6.10 Å². The number of carbonyl (C=O) groups excluding carboxylic acids is 2. The molecule has 2 aromatic carbocycles. The van der Waals surface area contributed by atoms with Gasteiger partial charge in [0, 0.05) is 57.7 Å². The minimum atomic E-state index is -4.97. The fourth-order valence-electron chi connectivity index (χ4n) is 6.18. The Balaban J connectivity index is 1.39. The minimum absolute atomic E-state index is 0.0617. The Morgan fingerprint density at radius 1 is 1.10 bits per heavy atom. The van der Waals surface area contributed by atoms with Crippen LogP contribution in [0.4, 0.5) is 13.2 Å². The number of ether oxygens (including phenoxy) is 3. The van der Waals surface area contributed by atoms with Gasteiger partial charge in [-0.2, -0.15) is 13.2 Å². The molecular formula is C29H33F3N2O5. The molecule has 1 unspecified atom stereocenters. The minimum Gasteiger partial charge on any atom is -0.491 e. The number of nitrogens with zero attached hydrogens (tertiary/aromatic N) is 1. The summed E-state index contributed by atoms with van der Waals surface area (Å²) >= 11 is 0. The Bertz CT molecular complexity index is 1180. The van der Waals surface area contributed by atoms with Crippen molar-refractivity contribution >= 4 is 11.8 Å². The third-order valence-electron chi connectivity index (χ3n) is 8.50. The van der Waals surface area contributed by atoms with E-state index in [0.717, 1.165) is 25.7 Å². The zero-order valence-electron chi connectivity index (χ0n) is 21.8. The van der Waals surface area contributed by atoms with E-state index in [1.165, 1.54) is 29.2 Å². The molecule has 0 radical (unpaired) electrons. The van der Waals surface area contributed by atoms with Crippen LogP contribution in [-0.4, -0.2) is 69.0 Å². The number of hydrogen-bond donors (Lipinski definition) is 1. The van der Waals surface area contributed by atoms with Gasteiger partial charge in [0.1, 0.15) is 12.4 Å². The average molecular weight is 547 g/mol. The van der Waals surface area contributed by atoms with Crippen molar-refractivity contribution in [1.82, 2.24) is 10.2 Å². The Labute approximate surface area is 225 Å². The number of amides is 2. The molecule has 3 aliphatic heterocycles. The van der Waals surface area contributed by atoms with Gasteiger partial charge in [0.25, 0.3) is 11.5 Å². The zero-order valence-corrected chi connectivity index (χ0v) is 21.8. The van der Waals surface area contributed by atoms with E-state index in [9.17, 15) is 22.8 Å². The molecule has 1 N–H and O–H groups in total. The van der Waals surface area contributed by atoms with Crippen LogP contribution in [0.15, 0.2) is 54.6 Å². The van der Waals surface area contributed by atoms with Crippen molar-refractivity contribution in [3.8, 4) is 5.75 Å². The molecule has 0 aliphatic carbocycles. The maximum Gasteiger partial charge on any atom is 0.430 e. The smallest absolute Gasteiger partial charge is 0.430 e. The van der Waals surface area contributed by atoms with E-state index in [4.69, 9.17) is 14.2 Å². The third-order valence-corrected chi connectivity index (χ3v) is 8.50. The van der Waals surface area contributed by atoms with Crippen molar-refractivity contribution in [3.05, 3.63) is 65.7 Å². The maximum atomic E-state index is 14.5. The second kappa shape index (κ2) is 10.8. The van der Waals surface area contributed by atoms with Gasteiger partial charge in [-0.3, -0.25) is 9.59 Å². The highest BCUT2D eigenvalue weighted by molar-refractivity contribution is 5.88. The van der Waals surface area contributed by atoms with Crippen molar-refractivity contribution in [3.63, 3.8) is 0 Å². The number of benzene rings is 2. The quantitative estimate of drug-likeness (QED) is 0.564. The first-order valence-electron chi connectivity index (χ1n) is 13.3. The second-order valence-electron chi connectivity index (χ2n) is 10.6. The number of hydrogen-bond acceptors (Lipinski definition) is 5. The lowest BCUT2D eigenvalue weighted by Gasteiger charge is -2.50. The van der Waals surface area contributed by atoms with Crippen molar-refractivity contribution in [2.45, 2.75) is 49.5 Å². The zero-order chi connectivity index (χ0) is 27.7. The van der Waals surface area contributed by atoms with Crippen LogP contribution in [0.3, 0.4) is 0 Å². The Morgan fingerprint density at radius 2 is 1.77 bits per heavy atom. The van der Waals surface area contributed by atoms with E-state index in [1.807, 2.05) is 24.3 Å². The maximum absolute atomic E-state index is 14.5. The second-order valence-corrected chi connectivity index (χ2v) is 10.6. The molecule has 2 aromatic rings. The van der Waals surface area contributed by atoms with Crippen LogP contribution in [-0.2, 0) is 24.7 Å². The van der Waals surface area contributed by atoms with Crippen molar-refractivity contribution in [1.29, 1.82) is 0 Å². The number of likely N-dealkylation sites (tertiary alicyclic amines) is 1. The molecule has 0 saturated carbocycles. The van der Waals surface area contributed by atoms with Crippen LogP contribution in [0, 0.1) is 5.41 Å². The van der Waals surface area contributed by atoms with Crippen LogP contribution in [0.1, 0.15) is 42.7 Å². The average Bonchev–Trinajstić information content (AvgIpc) is 2.89. The van der Waals surface area contributed by atoms with Gasteiger partial charge in [-0.25, -0.2) is 0 Å². The summed E-state index contributed by atoms with van der Waals surface area (Å²) in [6, 6.07) is 14.7. The van der Waals surface area contributed by atoms with Crippen molar-refractivity contribution < 1.29 is 37.0 Å². The summed E-state index contributed by atoms with van der Waals surface area (Å²) in [7, 11) is 0.914. The molecule has 0 aromatic heterocycles. The van der Waals surface area contributed by atoms with Crippen LogP contribution in [0.25, 0.3) is 0 Å². The summed E-state index contributed by atoms with van der Waals surface area (Å²) in [6.07, 6.45) is -2.98. The van der Waals surface area contributed by atoms with Gasteiger partial charge in [-0.1, -0.05) is 48.5 Å². The highest BCUT2D eigenvalue weighted by atomic mass is 19.4. The Hall–Kier alpha value is -3.11. The molecule has 3 atom stereocenters.